The van der Waals surface area contributed by atoms with Gasteiger partial charge in [0.25, 0.3) is 11.6 Å². The molecule has 0 saturated heterocycles. The van der Waals surface area contributed by atoms with Crippen molar-refractivity contribution in [2.75, 3.05) is 5.43 Å². The molecule has 0 spiro atoms. The zero-order valence-corrected chi connectivity index (χ0v) is 10.6. The van der Waals surface area contributed by atoms with Crippen LogP contribution in [0.3, 0.4) is 0 Å². The molecule has 0 fully saturated rings. The van der Waals surface area contributed by atoms with Crippen molar-refractivity contribution in [1.29, 1.82) is 0 Å². The van der Waals surface area contributed by atoms with Gasteiger partial charge in [-0.2, -0.15) is 0 Å². The number of halogens is 1. The number of nitro groups is 1. The fourth-order valence-corrected chi connectivity index (χ4v) is 1.68. The Morgan fingerprint density at radius 1 is 1.48 bits per heavy atom. The van der Waals surface area contributed by atoms with Crippen molar-refractivity contribution in [3.8, 4) is 0 Å². The largest absolute Gasteiger partial charge is 0.467 e. The summed E-state index contributed by atoms with van der Waals surface area (Å²) in [6, 6.07) is 4.88. The molecule has 8 nitrogen and oxygen atoms in total. The molecule has 1 amide bonds. The Morgan fingerprint density at radius 3 is 2.81 bits per heavy atom. The molecular formula is C12H11FN4O4. The molecule has 0 aliphatic carbocycles. The first-order chi connectivity index (χ1) is 10.0. The van der Waals surface area contributed by atoms with E-state index < -0.39 is 22.3 Å². The quantitative estimate of drug-likeness (QED) is 0.436. The summed E-state index contributed by atoms with van der Waals surface area (Å²) in [5.74, 6) is 3.90. The van der Waals surface area contributed by atoms with Crippen LogP contribution in [-0.2, 0) is 6.54 Å². The first kappa shape index (κ1) is 14.5. The number of benzene rings is 1. The molecule has 0 saturated carbocycles. The Hall–Kier alpha value is -2.94. The summed E-state index contributed by atoms with van der Waals surface area (Å²) >= 11 is 0. The van der Waals surface area contributed by atoms with E-state index in [4.69, 9.17) is 10.3 Å². The highest BCUT2D eigenvalue weighted by Crippen LogP contribution is 2.25. The van der Waals surface area contributed by atoms with E-state index in [0.717, 1.165) is 6.07 Å². The van der Waals surface area contributed by atoms with Crippen LogP contribution in [0.1, 0.15) is 16.1 Å². The van der Waals surface area contributed by atoms with Gasteiger partial charge >= 0.3 is 0 Å². The molecule has 21 heavy (non-hydrogen) atoms. The van der Waals surface area contributed by atoms with Gasteiger partial charge in [0.2, 0.25) is 0 Å². The fourth-order valence-electron chi connectivity index (χ4n) is 1.68. The molecule has 0 radical (unpaired) electrons. The zero-order chi connectivity index (χ0) is 15.4. The lowest BCUT2D eigenvalue weighted by atomic mass is 10.1. The summed E-state index contributed by atoms with van der Waals surface area (Å²) < 4.78 is 18.5. The van der Waals surface area contributed by atoms with Crippen LogP contribution < -0.4 is 16.6 Å². The van der Waals surface area contributed by atoms with E-state index >= 15 is 0 Å². The summed E-state index contributed by atoms with van der Waals surface area (Å²) in [7, 11) is 0. The van der Waals surface area contributed by atoms with Gasteiger partial charge in [0, 0.05) is 0 Å². The Balaban J connectivity index is 2.27. The highest BCUT2D eigenvalue weighted by Gasteiger charge is 2.23. The molecule has 1 aromatic heterocycles. The molecule has 1 heterocycles. The van der Waals surface area contributed by atoms with Crippen LogP contribution in [0.5, 0.6) is 0 Å². The van der Waals surface area contributed by atoms with Crippen LogP contribution >= 0.6 is 0 Å². The number of nitro benzene ring substituents is 1. The van der Waals surface area contributed by atoms with Crippen LogP contribution in [0, 0.1) is 15.9 Å². The van der Waals surface area contributed by atoms with Crippen LogP contribution in [0.25, 0.3) is 0 Å². The minimum atomic E-state index is -0.924. The van der Waals surface area contributed by atoms with E-state index in [1.807, 2.05) is 5.43 Å². The van der Waals surface area contributed by atoms with Crippen LogP contribution in [0.2, 0.25) is 0 Å². The number of nitrogen functional groups attached to an aromatic ring is 1. The number of hydrogen-bond acceptors (Lipinski definition) is 6. The first-order valence-electron chi connectivity index (χ1n) is 5.78. The smallest absolute Gasteiger partial charge is 0.285 e. The number of nitrogens with two attached hydrogens (primary N) is 1. The lowest BCUT2D eigenvalue weighted by Gasteiger charge is -2.08. The molecule has 0 bridgehead atoms. The molecule has 1 aromatic carbocycles. The molecule has 9 heteroatoms. The Labute approximate surface area is 117 Å². The predicted molar refractivity (Wildman–Crippen MR) is 70.7 cm³/mol. The summed E-state index contributed by atoms with van der Waals surface area (Å²) in [4.78, 5) is 22.1. The van der Waals surface area contributed by atoms with Gasteiger partial charge in [0.15, 0.2) is 5.82 Å². The molecule has 2 aromatic rings. The maximum Gasteiger partial charge on any atom is 0.285 e. The number of furan rings is 1. The van der Waals surface area contributed by atoms with E-state index in [1.54, 1.807) is 12.1 Å². The average Bonchev–Trinajstić information content (AvgIpc) is 2.97. The SMILES string of the molecule is NNc1cc(C(=O)NCc2ccco2)c([N+](=O)[O-])cc1F. The van der Waals surface area contributed by atoms with Gasteiger partial charge in [-0.15, -0.1) is 0 Å². The van der Waals surface area contributed by atoms with Crippen molar-refractivity contribution in [1.82, 2.24) is 5.32 Å². The third-order valence-corrected chi connectivity index (χ3v) is 2.69. The fraction of sp³-hybridized carbons (Fsp3) is 0.0833. The number of amides is 1. The van der Waals surface area contributed by atoms with E-state index in [2.05, 4.69) is 5.32 Å². The molecule has 0 aliphatic rings. The van der Waals surface area contributed by atoms with Crippen molar-refractivity contribution in [2.24, 2.45) is 5.84 Å². The summed E-state index contributed by atoms with van der Waals surface area (Å²) in [6.07, 6.45) is 1.43. The third-order valence-electron chi connectivity index (χ3n) is 2.69. The molecular weight excluding hydrogens is 283 g/mol. The summed E-state index contributed by atoms with van der Waals surface area (Å²) in [6.45, 7) is 0.0474. The number of nitrogens with one attached hydrogen (secondary N) is 2. The van der Waals surface area contributed by atoms with Crippen LogP contribution in [-0.4, -0.2) is 10.8 Å². The van der Waals surface area contributed by atoms with Crippen molar-refractivity contribution in [3.63, 3.8) is 0 Å². The molecule has 110 valence electrons. The van der Waals surface area contributed by atoms with Crippen molar-refractivity contribution in [3.05, 3.63) is 57.8 Å². The monoisotopic (exact) mass is 294 g/mol. The normalized spacial score (nSPS) is 10.2. The predicted octanol–water partition coefficient (Wildman–Crippen LogP) is 1.54. The van der Waals surface area contributed by atoms with Crippen LogP contribution in [0.15, 0.2) is 34.9 Å². The van der Waals surface area contributed by atoms with Gasteiger partial charge in [-0.25, -0.2) is 4.39 Å². The average molecular weight is 294 g/mol. The topological polar surface area (TPSA) is 123 Å². The highest BCUT2D eigenvalue weighted by molar-refractivity contribution is 5.99. The van der Waals surface area contributed by atoms with Gasteiger partial charge in [0.05, 0.1) is 29.5 Å². The van der Waals surface area contributed by atoms with Gasteiger partial charge in [-0.1, -0.05) is 0 Å². The minimum Gasteiger partial charge on any atom is -0.467 e. The molecule has 0 atom stereocenters. The van der Waals surface area contributed by atoms with E-state index in [9.17, 15) is 19.3 Å². The first-order valence-corrected chi connectivity index (χ1v) is 5.78. The lowest BCUT2D eigenvalue weighted by Crippen LogP contribution is -2.24. The van der Waals surface area contributed by atoms with E-state index in [0.29, 0.717) is 11.8 Å². The van der Waals surface area contributed by atoms with Gasteiger partial charge in [-0.05, 0) is 18.2 Å². The number of nitrogens with zero attached hydrogens (tertiary/aromatic N) is 1. The van der Waals surface area contributed by atoms with Gasteiger partial charge < -0.3 is 15.2 Å². The van der Waals surface area contributed by atoms with Crippen molar-refractivity contribution >= 4 is 17.3 Å². The minimum absolute atomic E-state index is 0.0474. The number of hydrogen-bond donors (Lipinski definition) is 3. The second-order valence-electron chi connectivity index (χ2n) is 4.01. The Morgan fingerprint density at radius 2 is 2.24 bits per heavy atom. The van der Waals surface area contributed by atoms with Crippen LogP contribution in [0.4, 0.5) is 15.8 Å². The molecule has 4 N–H and O–H groups in total. The number of carbonyl (C=O) groups is 1. The van der Waals surface area contributed by atoms with E-state index in [-0.39, 0.29) is 17.8 Å². The van der Waals surface area contributed by atoms with Crippen molar-refractivity contribution in [2.45, 2.75) is 6.54 Å². The standard InChI is InChI=1S/C12H11FN4O4/c13-9-5-11(17(19)20)8(4-10(9)16-14)12(18)15-6-7-2-1-3-21-7/h1-5,16H,6,14H2,(H,15,18). The Kier molecular flexibility index (Phi) is 4.14. The highest BCUT2D eigenvalue weighted by atomic mass is 19.1. The maximum atomic E-state index is 13.5. The maximum absolute atomic E-state index is 13.5. The zero-order valence-electron chi connectivity index (χ0n) is 10.6. The summed E-state index contributed by atoms with van der Waals surface area (Å²) in [5.41, 5.74) is 0.857. The number of carbonyl (C=O) groups excluding carboxylic acids is 1. The Bertz CT molecular complexity index is 672. The lowest BCUT2D eigenvalue weighted by molar-refractivity contribution is -0.385. The molecule has 2 rings (SSSR count). The van der Waals surface area contributed by atoms with Crippen molar-refractivity contribution < 1.29 is 18.5 Å². The number of hydrazine groups is 1. The number of rotatable bonds is 5. The van der Waals surface area contributed by atoms with E-state index in [1.165, 1.54) is 6.26 Å². The molecule has 0 unspecified atom stereocenters. The van der Waals surface area contributed by atoms with Gasteiger partial charge in [0.1, 0.15) is 11.3 Å². The number of anilines is 1. The van der Waals surface area contributed by atoms with Gasteiger partial charge in [-0.3, -0.25) is 20.8 Å². The third kappa shape index (κ3) is 3.15. The molecule has 0 aliphatic heterocycles. The summed E-state index contributed by atoms with van der Waals surface area (Å²) in [5, 5.41) is 13.3. The second-order valence-corrected chi connectivity index (χ2v) is 4.01. The second kappa shape index (κ2) is 6.01.